The minimum atomic E-state index is -1.25. The van der Waals surface area contributed by atoms with E-state index in [1.807, 2.05) is 0 Å². The molecule has 0 saturated carbocycles. The van der Waals surface area contributed by atoms with Crippen LogP contribution in [0.4, 0.5) is 0 Å². The molecule has 17 heavy (non-hydrogen) atoms. The minimum absolute atomic E-state index is 0.0219. The molecular weight excluding hydrogens is 222 g/mol. The first-order valence-electron chi connectivity index (χ1n) is 6.05. The molecule has 0 spiro atoms. The molecule has 5 nitrogen and oxygen atoms in total. The Morgan fingerprint density at radius 3 is 2.65 bits per heavy atom. The van der Waals surface area contributed by atoms with Gasteiger partial charge in [0.25, 0.3) is 0 Å². The largest absolute Gasteiger partial charge is 0.479 e. The van der Waals surface area contributed by atoms with E-state index in [1.54, 1.807) is 6.92 Å². The third-order valence-electron chi connectivity index (χ3n) is 3.31. The number of hydrogen-bond donors (Lipinski definition) is 1. The maximum absolute atomic E-state index is 12.0. The number of amides is 1. The molecule has 0 aliphatic carbocycles. The van der Waals surface area contributed by atoms with Crippen LogP contribution >= 0.6 is 0 Å². The molecule has 1 aliphatic rings. The second-order valence-corrected chi connectivity index (χ2v) is 4.72. The van der Waals surface area contributed by atoms with E-state index in [0.717, 1.165) is 25.7 Å². The van der Waals surface area contributed by atoms with Crippen LogP contribution in [0.5, 0.6) is 0 Å². The highest BCUT2D eigenvalue weighted by atomic mass is 16.5. The lowest BCUT2D eigenvalue weighted by molar-refractivity contribution is -0.162. The molecule has 1 heterocycles. The van der Waals surface area contributed by atoms with Crippen molar-refractivity contribution in [2.24, 2.45) is 0 Å². The predicted molar refractivity (Wildman–Crippen MR) is 62.7 cm³/mol. The van der Waals surface area contributed by atoms with Gasteiger partial charge >= 0.3 is 5.97 Å². The Kier molecular flexibility index (Phi) is 4.93. The maximum atomic E-state index is 12.0. The Morgan fingerprint density at radius 1 is 1.41 bits per heavy atom. The molecule has 1 N–H and O–H groups in total. The van der Waals surface area contributed by atoms with Crippen molar-refractivity contribution in [3.63, 3.8) is 0 Å². The average molecular weight is 243 g/mol. The summed E-state index contributed by atoms with van der Waals surface area (Å²) in [4.78, 5) is 24.9. The molecule has 0 aromatic carbocycles. The van der Waals surface area contributed by atoms with Gasteiger partial charge in [0.05, 0.1) is 6.61 Å². The first-order valence-corrected chi connectivity index (χ1v) is 6.05. The number of rotatable bonds is 4. The summed E-state index contributed by atoms with van der Waals surface area (Å²) in [5.41, 5.74) is -1.25. The number of hydrogen-bond acceptors (Lipinski definition) is 3. The van der Waals surface area contributed by atoms with Gasteiger partial charge in [-0.3, -0.25) is 4.79 Å². The van der Waals surface area contributed by atoms with E-state index in [-0.39, 0.29) is 12.5 Å². The number of ether oxygens (including phenoxy) is 1. The van der Waals surface area contributed by atoms with E-state index in [9.17, 15) is 14.7 Å². The zero-order chi connectivity index (χ0) is 12.9. The van der Waals surface area contributed by atoms with Crippen molar-refractivity contribution in [2.75, 3.05) is 20.3 Å². The molecule has 1 fully saturated rings. The van der Waals surface area contributed by atoms with Gasteiger partial charge in [-0.25, -0.2) is 4.79 Å². The monoisotopic (exact) mass is 243 g/mol. The third kappa shape index (κ3) is 3.19. The Morgan fingerprint density at radius 2 is 2.06 bits per heavy atom. The van der Waals surface area contributed by atoms with Crippen LogP contribution in [-0.2, 0) is 14.3 Å². The van der Waals surface area contributed by atoms with Crippen molar-refractivity contribution in [3.8, 4) is 0 Å². The van der Waals surface area contributed by atoms with Gasteiger partial charge in [-0.05, 0) is 19.8 Å². The first-order chi connectivity index (χ1) is 8.02. The van der Waals surface area contributed by atoms with Crippen molar-refractivity contribution < 1.29 is 19.4 Å². The lowest BCUT2D eigenvalue weighted by atomic mass is 9.97. The van der Waals surface area contributed by atoms with E-state index in [2.05, 4.69) is 0 Å². The molecule has 1 atom stereocenters. The van der Waals surface area contributed by atoms with E-state index in [1.165, 1.54) is 12.0 Å². The first kappa shape index (κ1) is 14.0. The van der Waals surface area contributed by atoms with Gasteiger partial charge < -0.3 is 14.7 Å². The van der Waals surface area contributed by atoms with Crippen LogP contribution in [0, 0.1) is 0 Å². The van der Waals surface area contributed by atoms with Crippen molar-refractivity contribution in [1.82, 2.24) is 4.90 Å². The molecule has 1 unspecified atom stereocenters. The number of nitrogens with zero attached hydrogens (tertiary/aromatic N) is 1. The van der Waals surface area contributed by atoms with Gasteiger partial charge in [0.1, 0.15) is 0 Å². The summed E-state index contributed by atoms with van der Waals surface area (Å²) < 4.78 is 4.97. The molecule has 0 bridgehead atoms. The van der Waals surface area contributed by atoms with Crippen molar-refractivity contribution in [1.29, 1.82) is 0 Å². The fourth-order valence-electron chi connectivity index (χ4n) is 2.22. The highest BCUT2D eigenvalue weighted by Gasteiger charge is 2.42. The highest BCUT2D eigenvalue weighted by Crippen LogP contribution is 2.22. The van der Waals surface area contributed by atoms with Gasteiger partial charge in [-0.2, -0.15) is 0 Å². The van der Waals surface area contributed by atoms with Gasteiger partial charge in [0, 0.05) is 20.1 Å². The summed E-state index contributed by atoms with van der Waals surface area (Å²) in [5, 5.41) is 9.32. The number of carboxylic acid groups (broad SMARTS) is 1. The smallest absolute Gasteiger partial charge is 0.331 e. The number of likely N-dealkylation sites (tertiary alicyclic amines) is 1. The Bertz CT molecular complexity index is 292. The molecule has 0 aromatic heterocycles. The van der Waals surface area contributed by atoms with Crippen molar-refractivity contribution >= 4 is 11.9 Å². The maximum Gasteiger partial charge on any atom is 0.331 e. The fraction of sp³-hybridized carbons (Fsp3) is 0.833. The molecule has 98 valence electrons. The van der Waals surface area contributed by atoms with E-state index >= 15 is 0 Å². The van der Waals surface area contributed by atoms with Crippen molar-refractivity contribution in [3.05, 3.63) is 0 Å². The van der Waals surface area contributed by atoms with Gasteiger partial charge in [-0.15, -0.1) is 0 Å². The topological polar surface area (TPSA) is 66.8 Å². The number of aliphatic carboxylic acids is 1. The summed E-state index contributed by atoms with van der Waals surface area (Å²) in [6.45, 7) is 2.08. The summed E-state index contributed by atoms with van der Waals surface area (Å²) in [7, 11) is 1.45. The number of methoxy groups -OCH3 is 1. The minimum Gasteiger partial charge on any atom is -0.479 e. The Hall–Kier alpha value is -1.10. The molecule has 1 aliphatic heterocycles. The van der Waals surface area contributed by atoms with Crippen LogP contribution in [0.15, 0.2) is 0 Å². The Labute approximate surface area is 102 Å². The average Bonchev–Trinajstić information content (AvgIpc) is 2.23. The molecule has 1 rings (SSSR count). The molecule has 1 amide bonds. The van der Waals surface area contributed by atoms with Crippen LogP contribution in [0.25, 0.3) is 0 Å². The van der Waals surface area contributed by atoms with Crippen LogP contribution in [-0.4, -0.2) is 47.7 Å². The number of carbonyl (C=O) groups excluding carboxylic acids is 1. The van der Waals surface area contributed by atoms with Crippen LogP contribution in [0.2, 0.25) is 0 Å². The van der Waals surface area contributed by atoms with Gasteiger partial charge in [0.2, 0.25) is 5.91 Å². The molecular formula is C12H21NO4. The summed E-state index contributed by atoms with van der Waals surface area (Å²) in [6.07, 6.45) is 4.24. The zero-order valence-electron chi connectivity index (χ0n) is 10.6. The molecule has 0 radical (unpaired) electrons. The summed E-state index contributed by atoms with van der Waals surface area (Å²) >= 11 is 0. The molecule has 5 heteroatoms. The zero-order valence-corrected chi connectivity index (χ0v) is 10.6. The van der Waals surface area contributed by atoms with E-state index in [4.69, 9.17) is 4.74 Å². The van der Waals surface area contributed by atoms with Crippen LogP contribution in [0.3, 0.4) is 0 Å². The van der Waals surface area contributed by atoms with Gasteiger partial charge in [0.15, 0.2) is 5.54 Å². The number of carbonyl (C=O) groups is 2. The molecule has 0 aromatic rings. The lowest BCUT2D eigenvalue weighted by Crippen LogP contribution is -2.58. The van der Waals surface area contributed by atoms with Crippen molar-refractivity contribution in [2.45, 2.75) is 44.6 Å². The third-order valence-corrected chi connectivity index (χ3v) is 3.31. The number of carboxylic acids is 1. The molecule has 1 saturated heterocycles. The quantitative estimate of drug-likeness (QED) is 0.807. The second-order valence-electron chi connectivity index (χ2n) is 4.72. The van der Waals surface area contributed by atoms with Crippen LogP contribution < -0.4 is 0 Å². The predicted octanol–water partition coefficient (Wildman–Crippen LogP) is 1.27. The van der Waals surface area contributed by atoms with E-state index < -0.39 is 11.5 Å². The Balaban J connectivity index is 2.89. The van der Waals surface area contributed by atoms with Crippen LogP contribution in [0.1, 0.15) is 39.0 Å². The van der Waals surface area contributed by atoms with Gasteiger partial charge in [-0.1, -0.05) is 12.8 Å². The lowest BCUT2D eigenvalue weighted by Gasteiger charge is -2.38. The van der Waals surface area contributed by atoms with E-state index in [0.29, 0.717) is 13.0 Å². The second kappa shape index (κ2) is 6.00. The standard InChI is InChI=1S/C12H21NO4/c1-12(9-17-2,11(15)16)13-8-6-4-3-5-7-10(13)14/h3-9H2,1-2H3,(H,15,16). The SMILES string of the molecule is COCC(C)(C(=O)O)N1CCCCCCC1=O. The highest BCUT2D eigenvalue weighted by molar-refractivity contribution is 5.87. The normalized spacial score (nSPS) is 21.5. The fourth-order valence-corrected chi connectivity index (χ4v) is 2.22. The summed E-state index contributed by atoms with van der Waals surface area (Å²) in [6, 6.07) is 0. The summed E-state index contributed by atoms with van der Waals surface area (Å²) in [5.74, 6) is -1.08.